The average Bonchev–Trinajstić information content (AvgIpc) is 2.42. The Balaban J connectivity index is 1.99. The van der Waals surface area contributed by atoms with E-state index in [0.717, 1.165) is 38.1 Å². The van der Waals surface area contributed by atoms with Gasteiger partial charge in [-0.15, -0.1) is 0 Å². The van der Waals surface area contributed by atoms with E-state index in [9.17, 15) is 13.6 Å². The third-order valence-corrected chi connectivity index (χ3v) is 3.31. The van der Waals surface area contributed by atoms with Gasteiger partial charge in [0.25, 0.3) is 0 Å². The molecule has 1 aliphatic heterocycles. The quantitative estimate of drug-likeness (QED) is 0.864. The number of hydrogen-bond donors (Lipinski definition) is 2. The predicted octanol–water partition coefficient (Wildman–Crippen LogP) is 2.18. The van der Waals surface area contributed by atoms with Gasteiger partial charge in [-0.3, -0.25) is 0 Å². The van der Waals surface area contributed by atoms with Crippen LogP contribution in [0.4, 0.5) is 19.3 Å². The maximum atomic E-state index is 13.4. The Morgan fingerprint density at radius 3 is 2.89 bits per heavy atom. The first-order valence-corrected chi connectivity index (χ1v) is 6.27. The van der Waals surface area contributed by atoms with Crippen molar-refractivity contribution in [3.63, 3.8) is 0 Å². The van der Waals surface area contributed by atoms with Crippen molar-refractivity contribution in [1.82, 2.24) is 10.2 Å². The summed E-state index contributed by atoms with van der Waals surface area (Å²) in [5.74, 6) is -1.44. The highest BCUT2D eigenvalue weighted by Gasteiger charge is 2.22. The van der Waals surface area contributed by atoms with E-state index in [1.54, 1.807) is 11.9 Å². The van der Waals surface area contributed by atoms with Crippen LogP contribution in [0.3, 0.4) is 0 Å². The van der Waals surface area contributed by atoms with Crippen LogP contribution in [-0.4, -0.2) is 37.1 Å². The van der Waals surface area contributed by atoms with Gasteiger partial charge in [-0.1, -0.05) is 0 Å². The summed E-state index contributed by atoms with van der Waals surface area (Å²) in [5.41, 5.74) is -0.0120. The van der Waals surface area contributed by atoms with E-state index in [1.807, 2.05) is 0 Å². The van der Waals surface area contributed by atoms with Gasteiger partial charge in [0.05, 0.1) is 5.69 Å². The minimum Gasteiger partial charge on any atom is -0.323 e. The summed E-state index contributed by atoms with van der Waals surface area (Å²) in [6.45, 7) is 1.69. The van der Waals surface area contributed by atoms with Crippen LogP contribution in [0.25, 0.3) is 0 Å². The van der Waals surface area contributed by atoms with Gasteiger partial charge in [-0.2, -0.15) is 0 Å². The number of hydrogen-bond acceptors (Lipinski definition) is 2. The first kappa shape index (κ1) is 13.7. The molecule has 6 heteroatoms. The van der Waals surface area contributed by atoms with E-state index < -0.39 is 11.6 Å². The molecule has 1 aliphatic rings. The Hall–Kier alpha value is -1.69. The molecule has 2 N–H and O–H groups in total. The van der Waals surface area contributed by atoms with E-state index in [4.69, 9.17) is 0 Å². The zero-order valence-corrected chi connectivity index (χ0v) is 10.7. The third kappa shape index (κ3) is 3.41. The number of rotatable bonds is 2. The van der Waals surface area contributed by atoms with E-state index in [2.05, 4.69) is 10.6 Å². The van der Waals surface area contributed by atoms with Crippen LogP contribution in [0, 0.1) is 11.6 Å². The van der Waals surface area contributed by atoms with Crippen LogP contribution in [0.2, 0.25) is 0 Å². The van der Waals surface area contributed by atoms with Crippen LogP contribution in [0.15, 0.2) is 18.2 Å². The Morgan fingerprint density at radius 2 is 2.26 bits per heavy atom. The first-order valence-electron chi connectivity index (χ1n) is 6.27. The summed E-state index contributed by atoms with van der Waals surface area (Å²) in [6.07, 6.45) is 1.93. The first-order chi connectivity index (χ1) is 9.08. The molecular weight excluding hydrogens is 252 g/mol. The molecule has 1 saturated heterocycles. The number of benzene rings is 1. The molecule has 0 aromatic heterocycles. The summed E-state index contributed by atoms with van der Waals surface area (Å²) in [7, 11) is 1.68. The summed E-state index contributed by atoms with van der Waals surface area (Å²) in [6, 6.07) is 2.78. The predicted molar refractivity (Wildman–Crippen MR) is 69.0 cm³/mol. The highest BCUT2D eigenvalue weighted by molar-refractivity contribution is 5.89. The molecule has 0 bridgehead atoms. The molecule has 0 radical (unpaired) electrons. The lowest BCUT2D eigenvalue weighted by Gasteiger charge is -2.31. The Bertz CT molecular complexity index is 461. The van der Waals surface area contributed by atoms with Crippen molar-refractivity contribution in [2.75, 3.05) is 25.5 Å². The summed E-state index contributed by atoms with van der Waals surface area (Å²) in [4.78, 5) is 13.5. The zero-order valence-electron chi connectivity index (χ0n) is 10.7. The summed E-state index contributed by atoms with van der Waals surface area (Å²) in [5, 5.41) is 5.66. The van der Waals surface area contributed by atoms with Gasteiger partial charge in [0.1, 0.15) is 11.6 Å². The molecule has 1 aromatic rings. The molecule has 0 saturated carbocycles. The molecule has 4 nitrogen and oxygen atoms in total. The molecule has 0 spiro atoms. The topological polar surface area (TPSA) is 44.4 Å². The fraction of sp³-hybridized carbons (Fsp3) is 0.462. The number of amides is 2. The molecule has 1 heterocycles. The Labute approximate surface area is 110 Å². The van der Waals surface area contributed by atoms with Gasteiger partial charge >= 0.3 is 6.03 Å². The number of urea groups is 1. The molecule has 1 unspecified atom stereocenters. The molecule has 2 amide bonds. The van der Waals surface area contributed by atoms with Crippen LogP contribution in [0.5, 0.6) is 0 Å². The maximum Gasteiger partial charge on any atom is 0.321 e. The van der Waals surface area contributed by atoms with Crippen LogP contribution in [0.1, 0.15) is 12.8 Å². The fourth-order valence-corrected chi connectivity index (χ4v) is 2.12. The number of nitrogens with zero attached hydrogens (tertiary/aromatic N) is 1. The number of anilines is 1. The largest absolute Gasteiger partial charge is 0.323 e. The van der Waals surface area contributed by atoms with Gasteiger partial charge in [0.2, 0.25) is 0 Å². The standard InChI is InChI=1S/C13H17F2N3O/c1-18(10-3-2-6-16-8-10)13(19)17-12-5-4-9(14)7-11(12)15/h4-5,7,10,16H,2-3,6,8H2,1H3,(H,17,19). The summed E-state index contributed by atoms with van der Waals surface area (Å²) < 4.78 is 26.2. The summed E-state index contributed by atoms with van der Waals surface area (Å²) >= 11 is 0. The highest BCUT2D eigenvalue weighted by atomic mass is 19.1. The van der Waals surface area contributed by atoms with Crippen molar-refractivity contribution < 1.29 is 13.6 Å². The van der Waals surface area contributed by atoms with Gasteiger partial charge in [-0.05, 0) is 31.5 Å². The number of likely N-dealkylation sites (N-methyl/N-ethyl adjacent to an activating group) is 1. The second-order valence-electron chi connectivity index (χ2n) is 4.67. The number of halogens is 2. The van der Waals surface area contributed by atoms with Gasteiger partial charge < -0.3 is 15.5 Å². The number of nitrogens with one attached hydrogen (secondary N) is 2. The highest BCUT2D eigenvalue weighted by Crippen LogP contribution is 2.16. The van der Waals surface area contributed by atoms with Crippen molar-refractivity contribution in [3.8, 4) is 0 Å². The van der Waals surface area contributed by atoms with Gasteiger partial charge in [0.15, 0.2) is 0 Å². The lowest BCUT2D eigenvalue weighted by atomic mass is 10.1. The van der Waals surface area contributed by atoms with Gasteiger partial charge in [-0.25, -0.2) is 13.6 Å². The zero-order chi connectivity index (χ0) is 13.8. The van der Waals surface area contributed by atoms with E-state index in [0.29, 0.717) is 0 Å². The second-order valence-corrected chi connectivity index (χ2v) is 4.67. The lowest BCUT2D eigenvalue weighted by molar-refractivity contribution is 0.191. The van der Waals surface area contributed by atoms with Crippen molar-refractivity contribution in [2.24, 2.45) is 0 Å². The molecule has 2 rings (SSSR count). The molecule has 0 aliphatic carbocycles. The smallest absolute Gasteiger partial charge is 0.321 e. The number of carbonyl (C=O) groups is 1. The normalized spacial score (nSPS) is 19.0. The second kappa shape index (κ2) is 5.97. The fourth-order valence-electron chi connectivity index (χ4n) is 2.12. The average molecular weight is 269 g/mol. The Morgan fingerprint density at radius 1 is 1.47 bits per heavy atom. The van der Waals surface area contributed by atoms with Crippen molar-refractivity contribution in [3.05, 3.63) is 29.8 Å². The molecule has 19 heavy (non-hydrogen) atoms. The van der Waals surface area contributed by atoms with Crippen LogP contribution in [-0.2, 0) is 0 Å². The van der Waals surface area contributed by atoms with Crippen molar-refractivity contribution in [2.45, 2.75) is 18.9 Å². The van der Waals surface area contributed by atoms with E-state index in [-0.39, 0.29) is 17.8 Å². The number of piperidine rings is 1. The monoisotopic (exact) mass is 269 g/mol. The van der Waals surface area contributed by atoms with Gasteiger partial charge in [0, 0.05) is 25.7 Å². The van der Waals surface area contributed by atoms with Crippen molar-refractivity contribution in [1.29, 1.82) is 0 Å². The Kier molecular flexibility index (Phi) is 4.31. The van der Waals surface area contributed by atoms with E-state index >= 15 is 0 Å². The lowest BCUT2D eigenvalue weighted by Crippen LogP contribution is -2.48. The van der Waals surface area contributed by atoms with Crippen LogP contribution < -0.4 is 10.6 Å². The van der Waals surface area contributed by atoms with Crippen molar-refractivity contribution >= 4 is 11.7 Å². The minimum atomic E-state index is -0.775. The SMILES string of the molecule is CN(C(=O)Nc1ccc(F)cc1F)C1CCCNC1. The van der Waals surface area contributed by atoms with Crippen LogP contribution >= 0.6 is 0 Å². The third-order valence-electron chi connectivity index (χ3n) is 3.31. The molecular formula is C13H17F2N3O. The number of carbonyl (C=O) groups excluding carboxylic acids is 1. The molecule has 1 atom stereocenters. The van der Waals surface area contributed by atoms with E-state index in [1.165, 1.54) is 6.07 Å². The molecule has 1 aromatic carbocycles. The maximum absolute atomic E-state index is 13.4. The molecule has 104 valence electrons. The minimum absolute atomic E-state index is 0.0120. The molecule has 1 fully saturated rings.